The van der Waals surface area contributed by atoms with Crippen molar-refractivity contribution in [2.24, 2.45) is 5.10 Å². The summed E-state index contributed by atoms with van der Waals surface area (Å²) >= 11 is 1.51. The molecule has 3 rings (SSSR count). The number of thioether (sulfide) groups is 1. The molecule has 1 N–H and O–H groups in total. The fourth-order valence-corrected chi connectivity index (χ4v) is 5.10. The smallest absolute Gasteiger partial charge is 0.264 e. The van der Waals surface area contributed by atoms with Gasteiger partial charge in [0.15, 0.2) is 0 Å². The minimum absolute atomic E-state index is 0.0832. The van der Waals surface area contributed by atoms with Gasteiger partial charge in [-0.3, -0.25) is 9.10 Å². The molecule has 10 heteroatoms. The van der Waals surface area contributed by atoms with Crippen molar-refractivity contribution in [3.63, 3.8) is 0 Å². The molecule has 0 saturated heterocycles. The molecule has 36 heavy (non-hydrogen) atoms. The number of amides is 1. The number of rotatable bonds is 11. The predicted octanol–water partition coefficient (Wildman–Crippen LogP) is 4.55. The molecular weight excluding hydrogens is 498 g/mol. The average Bonchev–Trinajstić information content (AvgIpc) is 2.91. The quantitative estimate of drug-likeness (QED) is 0.223. The van der Waals surface area contributed by atoms with Gasteiger partial charge in [-0.2, -0.15) is 5.10 Å². The van der Waals surface area contributed by atoms with Crippen LogP contribution in [0.4, 0.5) is 5.69 Å². The highest BCUT2D eigenvalue weighted by Gasteiger charge is 2.27. The number of benzene rings is 3. The van der Waals surface area contributed by atoms with Crippen LogP contribution in [-0.2, 0) is 14.8 Å². The first-order valence-electron chi connectivity index (χ1n) is 11.2. The predicted molar refractivity (Wildman–Crippen MR) is 144 cm³/mol. The first-order chi connectivity index (χ1) is 17.3. The summed E-state index contributed by atoms with van der Waals surface area (Å²) in [6.07, 6.45) is 1.91. The van der Waals surface area contributed by atoms with Crippen LogP contribution < -0.4 is 19.2 Å². The van der Waals surface area contributed by atoms with E-state index in [9.17, 15) is 13.2 Å². The molecule has 0 radical (unpaired) electrons. The first kappa shape index (κ1) is 27.1. The molecule has 0 saturated carbocycles. The van der Waals surface area contributed by atoms with Gasteiger partial charge in [-0.1, -0.05) is 0 Å². The van der Waals surface area contributed by atoms with Crippen molar-refractivity contribution in [1.29, 1.82) is 0 Å². The van der Waals surface area contributed by atoms with Gasteiger partial charge >= 0.3 is 0 Å². The third-order valence-corrected chi connectivity index (χ3v) is 7.76. The van der Waals surface area contributed by atoms with Gasteiger partial charge in [0.05, 0.1) is 30.0 Å². The Morgan fingerprint density at radius 2 is 1.58 bits per heavy atom. The molecule has 3 aromatic rings. The lowest BCUT2D eigenvalue weighted by atomic mass is 10.1. The van der Waals surface area contributed by atoms with Gasteiger partial charge in [0.2, 0.25) is 0 Å². The maximum absolute atomic E-state index is 13.6. The number of nitrogens with zero attached hydrogens (tertiary/aromatic N) is 2. The third-order valence-electron chi connectivity index (χ3n) is 5.23. The van der Waals surface area contributed by atoms with Gasteiger partial charge in [0, 0.05) is 4.90 Å². The fourth-order valence-electron chi connectivity index (χ4n) is 3.27. The van der Waals surface area contributed by atoms with Crippen molar-refractivity contribution in [3.05, 3.63) is 78.4 Å². The molecule has 0 aliphatic carbocycles. The van der Waals surface area contributed by atoms with Crippen LogP contribution in [0.1, 0.15) is 19.4 Å². The van der Waals surface area contributed by atoms with Crippen molar-refractivity contribution >= 4 is 39.1 Å². The number of anilines is 1. The van der Waals surface area contributed by atoms with E-state index in [1.54, 1.807) is 62.6 Å². The van der Waals surface area contributed by atoms with Crippen LogP contribution in [0.5, 0.6) is 11.5 Å². The Bertz CT molecular complexity index is 1290. The van der Waals surface area contributed by atoms with E-state index >= 15 is 0 Å². The summed E-state index contributed by atoms with van der Waals surface area (Å²) in [6.45, 7) is 3.63. The van der Waals surface area contributed by atoms with Crippen LogP contribution >= 0.6 is 11.8 Å². The highest BCUT2D eigenvalue weighted by Crippen LogP contribution is 2.27. The van der Waals surface area contributed by atoms with Gasteiger partial charge < -0.3 is 9.47 Å². The average molecular weight is 528 g/mol. The lowest BCUT2D eigenvalue weighted by molar-refractivity contribution is -0.119. The van der Waals surface area contributed by atoms with E-state index in [1.807, 2.05) is 25.3 Å². The van der Waals surface area contributed by atoms with E-state index in [-0.39, 0.29) is 4.90 Å². The van der Waals surface area contributed by atoms with Gasteiger partial charge in [0.1, 0.15) is 18.0 Å². The van der Waals surface area contributed by atoms with Gasteiger partial charge in [-0.05, 0) is 98.5 Å². The van der Waals surface area contributed by atoms with Crippen LogP contribution in [0.25, 0.3) is 0 Å². The minimum atomic E-state index is -4.04. The van der Waals surface area contributed by atoms with Crippen molar-refractivity contribution in [2.75, 3.05) is 30.8 Å². The van der Waals surface area contributed by atoms with Crippen molar-refractivity contribution in [2.45, 2.75) is 23.6 Å². The minimum Gasteiger partial charge on any atom is -0.497 e. The monoisotopic (exact) mass is 527 g/mol. The molecule has 190 valence electrons. The molecule has 0 aliphatic heterocycles. The van der Waals surface area contributed by atoms with E-state index in [0.717, 1.165) is 14.8 Å². The second-order valence-corrected chi connectivity index (χ2v) is 10.3. The van der Waals surface area contributed by atoms with E-state index in [2.05, 4.69) is 10.5 Å². The molecule has 0 fully saturated rings. The maximum atomic E-state index is 13.6. The molecule has 8 nitrogen and oxygen atoms in total. The summed E-state index contributed by atoms with van der Waals surface area (Å²) in [4.78, 5) is 13.9. The Kier molecular flexibility index (Phi) is 9.38. The normalized spacial score (nSPS) is 11.6. The first-order valence-corrected chi connectivity index (χ1v) is 13.8. The Hall–Kier alpha value is -3.50. The number of hydrogen-bond acceptors (Lipinski definition) is 7. The molecule has 1 amide bonds. The zero-order valence-corrected chi connectivity index (χ0v) is 22.2. The summed E-state index contributed by atoms with van der Waals surface area (Å²) in [6, 6.07) is 20.3. The number of carbonyl (C=O) groups is 1. The lowest BCUT2D eigenvalue weighted by Crippen LogP contribution is -2.39. The second-order valence-electron chi connectivity index (χ2n) is 7.57. The van der Waals surface area contributed by atoms with Crippen molar-refractivity contribution in [3.8, 4) is 11.5 Å². The van der Waals surface area contributed by atoms with E-state index in [4.69, 9.17) is 9.47 Å². The zero-order valence-electron chi connectivity index (χ0n) is 20.6. The lowest BCUT2D eigenvalue weighted by Gasteiger charge is -2.24. The Morgan fingerprint density at radius 3 is 2.14 bits per heavy atom. The molecule has 0 bridgehead atoms. The zero-order chi connectivity index (χ0) is 26.1. The summed E-state index contributed by atoms with van der Waals surface area (Å²) in [5.74, 6) is 0.727. The second kappa shape index (κ2) is 12.5. The number of sulfonamides is 1. The van der Waals surface area contributed by atoms with E-state index in [1.165, 1.54) is 23.9 Å². The molecular formula is C26H29N3O5S2. The summed E-state index contributed by atoms with van der Waals surface area (Å²) in [5.41, 5.74) is 4.16. The van der Waals surface area contributed by atoms with E-state index < -0.39 is 22.5 Å². The van der Waals surface area contributed by atoms with Crippen LogP contribution in [-0.4, -0.2) is 46.6 Å². The Balaban J connectivity index is 1.86. The molecule has 0 aliphatic rings. The van der Waals surface area contributed by atoms with Gasteiger partial charge in [0.25, 0.3) is 15.9 Å². The number of ether oxygens (including phenoxy) is 2. The standard InChI is InChI=1S/C26H29N3O5S2/c1-5-34-23-12-8-21(9-13-23)29(36(31,32)25-16-14-24(35-4)15-17-25)18-26(30)28-27-19(2)20-6-10-22(33-3)11-7-20/h6-17H,5,18H2,1-4H3,(H,28,30)/b27-19-. The molecule has 0 aromatic heterocycles. The highest BCUT2D eigenvalue weighted by atomic mass is 32.2. The van der Waals surface area contributed by atoms with Crippen LogP contribution in [0, 0.1) is 0 Å². The summed E-state index contributed by atoms with van der Waals surface area (Å²) in [7, 11) is -2.46. The van der Waals surface area contributed by atoms with E-state index in [0.29, 0.717) is 29.5 Å². The van der Waals surface area contributed by atoms with Crippen LogP contribution in [0.3, 0.4) is 0 Å². The molecule has 3 aromatic carbocycles. The Labute approximate surface area is 216 Å². The fraction of sp³-hybridized carbons (Fsp3) is 0.231. The molecule has 0 heterocycles. The van der Waals surface area contributed by atoms with Gasteiger partial charge in [-0.15, -0.1) is 11.8 Å². The number of carbonyl (C=O) groups excluding carboxylic acids is 1. The van der Waals surface area contributed by atoms with Crippen molar-refractivity contribution in [1.82, 2.24) is 5.43 Å². The SMILES string of the molecule is CCOc1ccc(N(CC(=O)N/N=C(/C)c2ccc(OC)cc2)S(=O)(=O)c2ccc(SC)cc2)cc1. The topological polar surface area (TPSA) is 97.3 Å². The Morgan fingerprint density at radius 1 is 0.972 bits per heavy atom. The summed E-state index contributed by atoms with van der Waals surface area (Å²) in [5, 5.41) is 4.14. The van der Waals surface area contributed by atoms with Gasteiger partial charge in [-0.25, -0.2) is 13.8 Å². The highest BCUT2D eigenvalue weighted by molar-refractivity contribution is 7.98. The number of nitrogens with one attached hydrogen (secondary N) is 1. The molecule has 0 unspecified atom stereocenters. The number of hydrazone groups is 1. The van der Waals surface area contributed by atoms with Crippen molar-refractivity contribution < 1.29 is 22.7 Å². The number of methoxy groups -OCH3 is 1. The van der Waals surface area contributed by atoms with Crippen LogP contribution in [0.2, 0.25) is 0 Å². The number of hydrogen-bond donors (Lipinski definition) is 1. The maximum Gasteiger partial charge on any atom is 0.264 e. The summed E-state index contributed by atoms with van der Waals surface area (Å²) < 4.78 is 38.8. The molecule has 0 spiro atoms. The van der Waals surface area contributed by atoms with Crippen LogP contribution in [0.15, 0.2) is 87.7 Å². The largest absolute Gasteiger partial charge is 0.497 e. The molecule has 0 atom stereocenters. The third kappa shape index (κ3) is 6.79.